The molecule has 1 heterocycles. The monoisotopic (exact) mass is 542 g/mol. The fourth-order valence-corrected chi connectivity index (χ4v) is 4.52. The van der Waals surface area contributed by atoms with E-state index in [-0.39, 0.29) is 27.2 Å². The first kappa shape index (κ1) is 27.3. The maximum absolute atomic E-state index is 12.5. The normalized spacial score (nSPS) is 11.5. The molecule has 11 nitrogen and oxygen atoms in total. The van der Waals surface area contributed by atoms with E-state index >= 15 is 0 Å². The third-order valence-corrected chi connectivity index (χ3v) is 7.57. The predicted octanol–water partition coefficient (Wildman–Crippen LogP) is 3.50. The molecule has 0 saturated carbocycles. The first-order valence-electron chi connectivity index (χ1n) is 10.6. The molecule has 0 saturated heterocycles. The van der Waals surface area contributed by atoms with Gasteiger partial charge in [0.05, 0.1) is 25.0 Å². The Hall–Kier alpha value is -4.28. The Kier molecular flexibility index (Phi) is 8.59. The van der Waals surface area contributed by atoms with Gasteiger partial charge in [0, 0.05) is 11.5 Å². The van der Waals surface area contributed by atoms with Crippen LogP contribution in [-0.4, -0.2) is 49.1 Å². The quantitative estimate of drug-likeness (QED) is 0.184. The fraction of sp³-hybridized carbons (Fsp3) is 0.208. The van der Waals surface area contributed by atoms with Gasteiger partial charge >= 0.3 is 5.97 Å². The topological polar surface area (TPSA) is 158 Å². The van der Waals surface area contributed by atoms with Gasteiger partial charge in [-0.1, -0.05) is 12.1 Å². The molecule has 0 aliphatic rings. The summed E-state index contributed by atoms with van der Waals surface area (Å²) in [5.41, 5.74) is 0.489. The lowest BCUT2D eigenvalue weighted by Gasteiger charge is -2.09. The average molecular weight is 543 g/mol. The van der Waals surface area contributed by atoms with E-state index in [0.717, 1.165) is 0 Å². The van der Waals surface area contributed by atoms with Gasteiger partial charge in [-0.05, 0) is 55.8 Å². The van der Waals surface area contributed by atoms with Crippen LogP contribution in [0.15, 0.2) is 53.2 Å². The second kappa shape index (κ2) is 11.6. The van der Waals surface area contributed by atoms with Crippen molar-refractivity contribution in [3.8, 4) is 23.3 Å². The molecule has 3 rings (SSSR count). The molecule has 0 unspecified atom stereocenters. The molecule has 192 valence electrons. The third kappa shape index (κ3) is 6.49. The summed E-state index contributed by atoms with van der Waals surface area (Å²) in [4.78, 5) is 28.8. The Bertz CT molecular complexity index is 1490. The molecule has 0 fully saturated rings. The maximum atomic E-state index is 12.5. The Morgan fingerprint density at radius 1 is 1.08 bits per heavy atom. The fourth-order valence-electron chi connectivity index (χ4n) is 2.83. The summed E-state index contributed by atoms with van der Waals surface area (Å²) in [5, 5.41) is 10.6. The average Bonchev–Trinajstić information content (AvgIpc) is 3.36. The van der Waals surface area contributed by atoms with Crippen molar-refractivity contribution in [2.24, 2.45) is 0 Å². The summed E-state index contributed by atoms with van der Waals surface area (Å²) in [5.74, 6) is -0.299. The zero-order chi connectivity index (χ0) is 27.2. The minimum atomic E-state index is -3.69. The van der Waals surface area contributed by atoms with E-state index in [1.54, 1.807) is 24.3 Å². The van der Waals surface area contributed by atoms with Gasteiger partial charge in [0.25, 0.3) is 11.1 Å². The summed E-state index contributed by atoms with van der Waals surface area (Å²) in [7, 11) is -0.752. The van der Waals surface area contributed by atoms with Gasteiger partial charge in [-0.15, -0.1) is 0 Å². The van der Waals surface area contributed by atoms with Crippen molar-refractivity contribution in [3.63, 3.8) is 0 Å². The maximum Gasteiger partial charge on any atom is 0.343 e. The summed E-state index contributed by atoms with van der Waals surface area (Å²) in [6, 6.07) is 12.5. The molecule has 13 heteroatoms. The molecular formula is C24H22N4O7S2. The second-order valence-corrected chi connectivity index (χ2v) is 10.8. The third-order valence-electron chi connectivity index (χ3n) is 4.89. The first-order valence-corrected chi connectivity index (χ1v) is 13.0. The molecule has 0 bridgehead atoms. The number of hydrogen-bond acceptors (Lipinski definition) is 11. The van der Waals surface area contributed by atoms with Gasteiger partial charge in [-0.25, -0.2) is 13.2 Å². The molecule has 1 amide bonds. The number of benzene rings is 2. The number of nitriles is 1. The Morgan fingerprint density at radius 3 is 2.35 bits per heavy atom. The standard InChI is InChI=1S/C24H22N4O7S2/c1-14(2)37(31,32)24-27-23(36-28-24)26-21(29)17(13-25)11-15-5-8-18(9-6-15)35-22(30)16-7-10-19(33-3)20(12-16)34-4/h5-12,14H,1-4H3,(H,26,27,28,29). The number of methoxy groups -OCH3 is 2. The predicted molar refractivity (Wildman–Crippen MR) is 135 cm³/mol. The van der Waals surface area contributed by atoms with E-state index in [9.17, 15) is 23.3 Å². The number of rotatable bonds is 9. The summed E-state index contributed by atoms with van der Waals surface area (Å²) in [6.45, 7) is 2.99. The van der Waals surface area contributed by atoms with Crippen LogP contribution in [0.2, 0.25) is 0 Å². The minimum Gasteiger partial charge on any atom is -0.493 e. The summed E-state index contributed by atoms with van der Waals surface area (Å²) >= 11 is 0.694. The number of esters is 1. The minimum absolute atomic E-state index is 0.0530. The van der Waals surface area contributed by atoms with E-state index < -0.39 is 27.0 Å². The lowest BCUT2D eigenvalue weighted by Crippen LogP contribution is -2.16. The Labute approximate surface area is 217 Å². The molecule has 37 heavy (non-hydrogen) atoms. The van der Waals surface area contributed by atoms with E-state index in [2.05, 4.69) is 14.7 Å². The van der Waals surface area contributed by atoms with Gasteiger partial charge in [-0.3, -0.25) is 10.1 Å². The van der Waals surface area contributed by atoms with E-state index in [1.807, 2.05) is 0 Å². The molecule has 0 aliphatic heterocycles. The van der Waals surface area contributed by atoms with Crippen molar-refractivity contribution in [2.45, 2.75) is 24.3 Å². The van der Waals surface area contributed by atoms with Crippen LogP contribution >= 0.6 is 11.5 Å². The number of nitrogens with zero attached hydrogens (tertiary/aromatic N) is 3. The number of amides is 1. The Morgan fingerprint density at radius 2 is 1.76 bits per heavy atom. The lowest BCUT2D eigenvalue weighted by molar-refractivity contribution is -0.112. The molecule has 0 aliphatic carbocycles. The highest BCUT2D eigenvalue weighted by Crippen LogP contribution is 2.28. The van der Waals surface area contributed by atoms with Crippen LogP contribution in [0.3, 0.4) is 0 Å². The van der Waals surface area contributed by atoms with Gasteiger partial charge in [0.2, 0.25) is 15.0 Å². The van der Waals surface area contributed by atoms with Crippen LogP contribution in [0.5, 0.6) is 17.2 Å². The largest absolute Gasteiger partial charge is 0.493 e. The number of aromatic nitrogens is 2. The van der Waals surface area contributed by atoms with E-state index in [0.29, 0.717) is 28.6 Å². The van der Waals surface area contributed by atoms with Crippen LogP contribution in [0, 0.1) is 11.3 Å². The van der Waals surface area contributed by atoms with Crippen LogP contribution in [0.25, 0.3) is 6.08 Å². The molecule has 3 aromatic rings. The first-order chi connectivity index (χ1) is 17.6. The lowest BCUT2D eigenvalue weighted by atomic mass is 10.1. The number of anilines is 1. The molecule has 0 atom stereocenters. The SMILES string of the molecule is COc1ccc(C(=O)Oc2ccc(C=C(C#N)C(=O)Nc3nc(S(=O)(=O)C(C)C)ns3)cc2)cc1OC. The molecular weight excluding hydrogens is 520 g/mol. The molecule has 0 radical (unpaired) electrons. The number of ether oxygens (including phenoxy) is 3. The van der Waals surface area contributed by atoms with Crippen LogP contribution in [-0.2, 0) is 14.6 Å². The van der Waals surface area contributed by atoms with E-state index in [1.165, 1.54) is 58.4 Å². The van der Waals surface area contributed by atoms with Crippen LogP contribution in [0.1, 0.15) is 29.8 Å². The van der Waals surface area contributed by atoms with Gasteiger partial charge in [-0.2, -0.15) is 14.6 Å². The van der Waals surface area contributed by atoms with Crippen LogP contribution < -0.4 is 19.5 Å². The van der Waals surface area contributed by atoms with E-state index in [4.69, 9.17) is 14.2 Å². The zero-order valence-corrected chi connectivity index (χ0v) is 21.8. The molecule has 1 aromatic heterocycles. The number of nitrogens with one attached hydrogen (secondary N) is 1. The summed E-state index contributed by atoms with van der Waals surface area (Å²) in [6.07, 6.45) is 1.32. The smallest absolute Gasteiger partial charge is 0.343 e. The number of sulfone groups is 1. The zero-order valence-electron chi connectivity index (χ0n) is 20.2. The highest BCUT2D eigenvalue weighted by atomic mass is 32.2. The van der Waals surface area contributed by atoms with Crippen molar-refractivity contribution in [1.29, 1.82) is 5.26 Å². The highest BCUT2D eigenvalue weighted by Gasteiger charge is 2.25. The summed E-state index contributed by atoms with van der Waals surface area (Å²) < 4.78 is 43.8. The number of carbonyl (C=O) groups is 2. The number of carbonyl (C=O) groups excluding carboxylic acids is 2. The van der Waals surface area contributed by atoms with Crippen LogP contribution in [0.4, 0.5) is 5.13 Å². The van der Waals surface area contributed by atoms with Crippen molar-refractivity contribution in [1.82, 2.24) is 9.36 Å². The molecule has 0 spiro atoms. The van der Waals surface area contributed by atoms with Crippen molar-refractivity contribution >= 4 is 44.5 Å². The second-order valence-electron chi connectivity index (χ2n) is 7.63. The van der Waals surface area contributed by atoms with Crippen molar-refractivity contribution in [3.05, 3.63) is 59.2 Å². The highest BCUT2D eigenvalue weighted by molar-refractivity contribution is 7.91. The van der Waals surface area contributed by atoms with Gasteiger partial charge in [0.15, 0.2) is 11.5 Å². The number of hydrogen-bond donors (Lipinski definition) is 1. The van der Waals surface area contributed by atoms with Gasteiger partial charge in [0.1, 0.15) is 17.4 Å². The Balaban J connectivity index is 1.69. The molecule has 1 N–H and O–H groups in total. The van der Waals surface area contributed by atoms with Crippen molar-refractivity contribution < 1.29 is 32.2 Å². The van der Waals surface area contributed by atoms with Crippen molar-refractivity contribution in [2.75, 3.05) is 19.5 Å². The molecule has 2 aromatic carbocycles. The van der Waals surface area contributed by atoms with Gasteiger partial charge < -0.3 is 14.2 Å².